The summed E-state index contributed by atoms with van der Waals surface area (Å²) in [6.45, 7) is 0.199. The Morgan fingerprint density at radius 3 is 1.79 bits per heavy atom. The molecule has 0 bridgehead atoms. The molecule has 0 saturated carbocycles. The van der Waals surface area contributed by atoms with Gasteiger partial charge in [-0.3, -0.25) is 14.5 Å². The number of ether oxygens (including phenoxy) is 2. The van der Waals surface area contributed by atoms with Gasteiger partial charge in [0.15, 0.2) is 6.29 Å². The lowest BCUT2D eigenvalue weighted by atomic mass is 9.99. The van der Waals surface area contributed by atoms with Gasteiger partial charge < -0.3 is 9.47 Å². The fourth-order valence-corrected chi connectivity index (χ4v) is 3.98. The minimum atomic E-state index is -0.562. The molecule has 3 aromatic carbocycles. The van der Waals surface area contributed by atoms with E-state index in [1.54, 1.807) is 24.3 Å². The summed E-state index contributed by atoms with van der Waals surface area (Å²) in [7, 11) is 0. The highest BCUT2D eigenvalue weighted by molar-refractivity contribution is 6.21. The van der Waals surface area contributed by atoms with Gasteiger partial charge in [-0.1, -0.05) is 72.8 Å². The summed E-state index contributed by atoms with van der Waals surface area (Å²) in [6, 6.07) is 25.7. The highest BCUT2D eigenvalue weighted by Crippen LogP contribution is 2.39. The second-order valence-corrected chi connectivity index (χ2v) is 7.14. The fraction of sp³-hybridized carbons (Fsp3) is 0.167. The third kappa shape index (κ3) is 3.05. The van der Waals surface area contributed by atoms with Crippen LogP contribution in [0.3, 0.4) is 0 Å². The number of rotatable bonds is 3. The number of imide groups is 1. The largest absolute Gasteiger partial charge is 0.346 e. The molecule has 0 N–H and O–H groups in total. The van der Waals surface area contributed by atoms with Crippen LogP contribution in [0.2, 0.25) is 0 Å². The molecule has 0 aromatic heterocycles. The zero-order valence-electron chi connectivity index (χ0n) is 15.6. The number of hydrogen-bond donors (Lipinski definition) is 0. The Kier molecular flexibility index (Phi) is 4.46. The lowest BCUT2D eigenvalue weighted by molar-refractivity contribution is -0.239. The van der Waals surface area contributed by atoms with E-state index in [0.717, 1.165) is 11.1 Å². The van der Waals surface area contributed by atoms with Crippen LogP contribution in [-0.2, 0) is 9.47 Å². The first kappa shape index (κ1) is 17.8. The number of fused-ring (bicyclic) bond motifs is 1. The molecule has 2 amide bonds. The zero-order chi connectivity index (χ0) is 19.8. The van der Waals surface area contributed by atoms with Gasteiger partial charge in [-0.05, 0) is 17.7 Å². The highest BCUT2D eigenvalue weighted by atomic mass is 16.7. The molecule has 29 heavy (non-hydrogen) atoms. The van der Waals surface area contributed by atoms with E-state index < -0.39 is 18.4 Å². The molecular formula is C24H19NO4. The Bertz CT molecular complexity index is 1020. The molecule has 2 aliphatic heterocycles. The summed E-state index contributed by atoms with van der Waals surface area (Å²) in [5.74, 6) is -0.608. The average molecular weight is 385 g/mol. The van der Waals surface area contributed by atoms with Crippen molar-refractivity contribution in [2.45, 2.75) is 18.4 Å². The minimum Gasteiger partial charge on any atom is -0.346 e. The first-order valence-electron chi connectivity index (χ1n) is 9.58. The van der Waals surface area contributed by atoms with E-state index >= 15 is 0 Å². The van der Waals surface area contributed by atoms with Crippen LogP contribution >= 0.6 is 0 Å². The smallest absolute Gasteiger partial charge is 0.261 e. The quantitative estimate of drug-likeness (QED) is 0.636. The standard InChI is InChI=1S/C24H19NO4/c26-22-18-13-7-8-14-19(18)23(27)25(22)20-15-28-24(17-11-5-2-6-12-17)29-21(20)16-9-3-1-4-10-16/h1-14,20-21,24H,15H2/t20-,21-,24?/m0/s1. The third-order valence-corrected chi connectivity index (χ3v) is 5.40. The number of benzene rings is 3. The minimum absolute atomic E-state index is 0.199. The number of hydrogen-bond acceptors (Lipinski definition) is 4. The average Bonchev–Trinajstić information content (AvgIpc) is 3.05. The molecule has 1 saturated heterocycles. The van der Waals surface area contributed by atoms with Gasteiger partial charge in [-0.25, -0.2) is 0 Å². The summed E-state index contributed by atoms with van der Waals surface area (Å²) in [4.78, 5) is 27.4. The van der Waals surface area contributed by atoms with Crippen molar-refractivity contribution < 1.29 is 19.1 Å². The van der Waals surface area contributed by atoms with Gasteiger partial charge in [0.1, 0.15) is 6.10 Å². The van der Waals surface area contributed by atoms with Gasteiger partial charge >= 0.3 is 0 Å². The lowest BCUT2D eigenvalue weighted by Crippen LogP contribution is -2.50. The van der Waals surface area contributed by atoms with Crippen LogP contribution in [0.1, 0.15) is 44.2 Å². The Hall–Kier alpha value is -3.28. The second kappa shape index (κ2) is 7.28. The Labute approximate surface area is 168 Å². The van der Waals surface area contributed by atoms with E-state index in [2.05, 4.69) is 0 Å². The highest BCUT2D eigenvalue weighted by Gasteiger charge is 2.46. The normalized spacial score (nSPS) is 23.9. The molecule has 2 aliphatic rings. The van der Waals surface area contributed by atoms with Crippen molar-refractivity contribution in [3.8, 4) is 0 Å². The number of carbonyl (C=O) groups is 2. The molecule has 0 aliphatic carbocycles. The Morgan fingerprint density at radius 2 is 1.21 bits per heavy atom. The van der Waals surface area contributed by atoms with E-state index in [9.17, 15) is 9.59 Å². The van der Waals surface area contributed by atoms with Crippen LogP contribution in [0, 0.1) is 0 Å². The maximum atomic E-state index is 13.0. The summed E-state index contributed by atoms with van der Waals surface area (Å²) in [5, 5.41) is 0. The fourth-order valence-electron chi connectivity index (χ4n) is 3.98. The molecular weight excluding hydrogens is 366 g/mol. The monoisotopic (exact) mass is 385 g/mol. The number of nitrogens with zero attached hydrogens (tertiary/aromatic N) is 1. The number of amides is 2. The third-order valence-electron chi connectivity index (χ3n) is 5.40. The lowest BCUT2D eigenvalue weighted by Gasteiger charge is -2.40. The van der Waals surface area contributed by atoms with Crippen molar-refractivity contribution in [2.24, 2.45) is 0 Å². The summed E-state index contributed by atoms with van der Waals surface area (Å²) in [6.07, 6.45) is -1.05. The van der Waals surface area contributed by atoms with E-state index in [0.29, 0.717) is 11.1 Å². The van der Waals surface area contributed by atoms with E-state index in [4.69, 9.17) is 9.47 Å². The molecule has 5 nitrogen and oxygen atoms in total. The Morgan fingerprint density at radius 1 is 0.690 bits per heavy atom. The van der Waals surface area contributed by atoms with Gasteiger partial charge in [-0.15, -0.1) is 0 Å². The predicted octanol–water partition coefficient (Wildman–Crippen LogP) is 4.14. The van der Waals surface area contributed by atoms with Crippen LogP contribution in [0.15, 0.2) is 84.9 Å². The molecule has 2 heterocycles. The molecule has 1 unspecified atom stereocenters. The van der Waals surface area contributed by atoms with Crippen LogP contribution in [0.25, 0.3) is 0 Å². The second-order valence-electron chi connectivity index (χ2n) is 7.14. The van der Waals surface area contributed by atoms with Crippen molar-refractivity contribution in [1.82, 2.24) is 4.90 Å². The SMILES string of the molecule is O=C1c2ccccc2C(=O)N1[C@H]1COC(c2ccccc2)O[C@H]1c1ccccc1. The summed E-state index contributed by atoms with van der Waals surface area (Å²) < 4.78 is 12.3. The molecule has 5 heteroatoms. The topological polar surface area (TPSA) is 55.8 Å². The van der Waals surface area contributed by atoms with E-state index in [1.807, 2.05) is 60.7 Å². The maximum Gasteiger partial charge on any atom is 0.261 e. The van der Waals surface area contributed by atoms with Crippen LogP contribution < -0.4 is 0 Å². The molecule has 0 radical (unpaired) electrons. The van der Waals surface area contributed by atoms with E-state index in [1.165, 1.54) is 4.90 Å². The van der Waals surface area contributed by atoms with Crippen LogP contribution in [-0.4, -0.2) is 29.4 Å². The van der Waals surface area contributed by atoms with Crippen LogP contribution in [0.4, 0.5) is 0 Å². The van der Waals surface area contributed by atoms with Crippen LogP contribution in [0.5, 0.6) is 0 Å². The van der Waals surface area contributed by atoms with Gasteiger partial charge in [0.05, 0.1) is 23.8 Å². The van der Waals surface area contributed by atoms with Crippen molar-refractivity contribution >= 4 is 11.8 Å². The molecule has 1 fully saturated rings. The zero-order valence-corrected chi connectivity index (χ0v) is 15.6. The van der Waals surface area contributed by atoms with Crippen molar-refractivity contribution in [2.75, 3.05) is 6.61 Å². The van der Waals surface area contributed by atoms with E-state index in [-0.39, 0.29) is 18.4 Å². The molecule has 3 aromatic rings. The first-order valence-corrected chi connectivity index (χ1v) is 9.58. The molecule has 5 rings (SSSR count). The van der Waals surface area contributed by atoms with Crippen molar-refractivity contribution in [3.05, 3.63) is 107 Å². The number of carbonyl (C=O) groups excluding carboxylic acids is 2. The van der Waals surface area contributed by atoms with Gasteiger partial charge in [0.2, 0.25) is 0 Å². The Balaban J connectivity index is 1.51. The van der Waals surface area contributed by atoms with Crippen molar-refractivity contribution in [3.63, 3.8) is 0 Å². The molecule has 0 spiro atoms. The molecule has 144 valence electrons. The first-order chi connectivity index (χ1) is 14.2. The maximum absolute atomic E-state index is 13.0. The summed E-state index contributed by atoms with van der Waals surface area (Å²) >= 11 is 0. The molecule has 3 atom stereocenters. The van der Waals surface area contributed by atoms with Gasteiger partial charge in [-0.2, -0.15) is 0 Å². The van der Waals surface area contributed by atoms with Crippen molar-refractivity contribution in [1.29, 1.82) is 0 Å². The van der Waals surface area contributed by atoms with Gasteiger partial charge in [0.25, 0.3) is 11.8 Å². The predicted molar refractivity (Wildman–Crippen MR) is 106 cm³/mol. The van der Waals surface area contributed by atoms with Gasteiger partial charge in [0, 0.05) is 5.56 Å². The summed E-state index contributed by atoms with van der Waals surface area (Å²) in [5.41, 5.74) is 2.65.